The highest BCUT2D eigenvalue weighted by atomic mass is 16.5. The molecule has 0 fully saturated rings. The van der Waals surface area contributed by atoms with E-state index >= 15 is 0 Å². The lowest BCUT2D eigenvalue weighted by Gasteiger charge is -2.23. The number of carbonyl (C=O) groups excluding carboxylic acids is 2. The molecule has 1 aliphatic heterocycles. The Balaban J connectivity index is 1.52. The molecule has 0 saturated carbocycles. The van der Waals surface area contributed by atoms with Gasteiger partial charge in [0.1, 0.15) is 23.9 Å². The molecule has 3 aromatic rings. The Morgan fingerprint density at radius 1 is 1.03 bits per heavy atom. The van der Waals surface area contributed by atoms with E-state index in [1.165, 1.54) is 0 Å². The normalized spacial score (nSPS) is 12.6. The van der Waals surface area contributed by atoms with Crippen LogP contribution in [0.2, 0.25) is 0 Å². The Hall–Kier alpha value is -4.20. The molecule has 8 nitrogen and oxygen atoms in total. The summed E-state index contributed by atoms with van der Waals surface area (Å²) in [5, 5.41) is 2.93. The molecule has 0 saturated heterocycles. The summed E-state index contributed by atoms with van der Waals surface area (Å²) >= 11 is 0. The van der Waals surface area contributed by atoms with Crippen molar-refractivity contribution in [2.45, 2.75) is 26.9 Å². The second-order valence-corrected chi connectivity index (χ2v) is 8.65. The molecular formula is C28H31N3O5. The molecule has 4 rings (SSSR count). The van der Waals surface area contributed by atoms with Gasteiger partial charge in [-0.1, -0.05) is 23.8 Å². The van der Waals surface area contributed by atoms with Gasteiger partial charge in [-0.15, -0.1) is 0 Å². The molecule has 1 heterocycles. The van der Waals surface area contributed by atoms with Gasteiger partial charge in [-0.3, -0.25) is 4.79 Å². The van der Waals surface area contributed by atoms with Crippen molar-refractivity contribution in [1.82, 2.24) is 4.90 Å². The predicted octanol–water partition coefficient (Wildman–Crippen LogP) is 4.99. The second-order valence-electron chi connectivity index (χ2n) is 8.65. The van der Waals surface area contributed by atoms with E-state index in [9.17, 15) is 9.59 Å². The van der Waals surface area contributed by atoms with Crippen LogP contribution in [0, 0.1) is 6.92 Å². The SMILES string of the molecule is COc1ccc(NC(=O)N2CCOc3ccc(CN(C(C)=O)c4ccc(C)cc4)cc3C2)c(OC)c1. The average Bonchev–Trinajstić information content (AvgIpc) is 3.10. The summed E-state index contributed by atoms with van der Waals surface area (Å²) < 4.78 is 16.5. The molecule has 0 aromatic heterocycles. The topological polar surface area (TPSA) is 80.3 Å². The lowest BCUT2D eigenvalue weighted by atomic mass is 10.1. The summed E-state index contributed by atoms with van der Waals surface area (Å²) in [5.41, 5.74) is 4.36. The number of rotatable bonds is 6. The number of nitrogens with one attached hydrogen (secondary N) is 1. The highest BCUT2D eigenvalue weighted by Gasteiger charge is 2.22. The quantitative estimate of drug-likeness (QED) is 0.528. The number of hydrogen-bond donors (Lipinski definition) is 1. The molecule has 3 amide bonds. The molecular weight excluding hydrogens is 458 g/mol. The van der Waals surface area contributed by atoms with Gasteiger partial charge in [0.25, 0.3) is 0 Å². The molecule has 0 unspecified atom stereocenters. The van der Waals surface area contributed by atoms with Gasteiger partial charge in [0.2, 0.25) is 5.91 Å². The van der Waals surface area contributed by atoms with Crippen molar-refractivity contribution in [3.8, 4) is 17.2 Å². The summed E-state index contributed by atoms with van der Waals surface area (Å²) in [4.78, 5) is 29.0. The van der Waals surface area contributed by atoms with E-state index in [0.29, 0.717) is 43.4 Å². The van der Waals surface area contributed by atoms with E-state index < -0.39 is 0 Å². The van der Waals surface area contributed by atoms with Gasteiger partial charge in [-0.05, 0) is 48.9 Å². The van der Waals surface area contributed by atoms with Gasteiger partial charge >= 0.3 is 6.03 Å². The molecule has 0 atom stereocenters. The maximum Gasteiger partial charge on any atom is 0.322 e. The number of benzene rings is 3. The molecule has 0 bridgehead atoms. The number of anilines is 2. The number of carbonyl (C=O) groups is 2. The fourth-order valence-electron chi connectivity index (χ4n) is 4.11. The van der Waals surface area contributed by atoms with Crippen molar-refractivity contribution < 1.29 is 23.8 Å². The molecule has 8 heteroatoms. The van der Waals surface area contributed by atoms with Crippen LogP contribution in [-0.2, 0) is 17.9 Å². The van der Waals surface area contributed by atoms with Crippen LogP contribution >= 0.6 is 0 Å². The third-order valence-electron chi connectivity index (χ3n) is 6.11. The summed E-state index contributed by atoms with van der Waals surface area (Å²) in [6.45, 7) is 5.17. The predicted molar refractivity (Wildman–Crippen MR) is 139 cm³/mol. The maximum absolute atomic E-state index is 13.1. The van der Waals surface area contributed by atoms with Crippen LogP contribution in [0.5, 0.6) is 17.2 Å². The largest absolute Gasteiger partial charge is 0.497 e. The Labute approximate surface area is 211 Å². The second kappa shape index (κ2) is 11.0. The summed E-state index contributed by atoms with van der Waals surface area (Å²) in [7, 11) is 3.12. The van der Waals surface area contributed by atoms with E-state index in [4.69, 9.17) is 14.2 Å². The molecule has 0 aliphatic carbocycles. The lowest BCUT2D eigenvalue weighted by Crippen LogP contribution is -2.36. The van der Waals surface area contributed by atoms with Crippen LogP contribution in [0.1, 0.15) is 23.6 Å². The zero-order chi connectivity index (χ0) is 25.7. The minimum absolute atomic E-state index is 0.0421. The number of methoxy groups -OCH3 is 2. The molecule has 0 spiro atoms. The lowest BCUT2D eigenvalue weighted by molar-refractivity contribution is -0.116. The van der Waals surface area contributed by atoms with Gasteiger partial charge < -0.3 is 29.3 Å². The summed E-state index contributed by atoms with van der Waals surface area (Å²) in [5.74, 6) is 1.84. The first-order chi connectivity index (χ1) is 17.4. The van der Waals surface area contributed by atoms with Crippen LogP contribution in [0.25, 0.3) is 0 Å². The number of amides is 3. The third kappa shape index (κ3) is 5.71. The van der Waals surface area contributed by atoms with E-state index in [2.05, 4.69) is 5.32 Å². The Morgan fingerprint density at radius 2 is 1.81 bits per heavy atom. The standard InChI is InChI=1S/C28H31N3O5/c1-19-5-8-23(9-6-19)31(20(2)32)17-21-7-12-26-22(15-21)18-30(13-14-36-26)28(33)29-25-11-10-24(34-3)16-27(25)35-4/h5-12,15-16H,13-14,17-18H2,1-4H3,(H,29,33). The fourth-order valence-corrected chi connectivity index (χ4v) is 4.11. The van der Waals surface area contributed by atoms with Crippen molar-refractivity contribution in [2.75, 3.05) is 37.6 Å². The zero-order valence-electron chi connectivity index (χ0n) is 21.0. The molecule has 36 heavy (non-hydrogen) atoms. The van der Waals surface area contributed by atoms with E-state index in [0.717, 1.165) is 28.1 Å². The van der Waals surface area contributed by atoms with Gasteiger partial charge in [-0.25, -0.2) is 4.79 Å². The van der Waals surface area contributed by atoms with Crippen LogP contribution in [0.3, 0.4) is 0 Å². The third-order valence-corrected chi connectivity index (χ3v) is 6.11. The fraction of sp³-hybridized carbons (Fsp3) is 0.286. The Bertz CT molecular complexity index is 1240. The number of fused-ring (bicyclic) bond motifs is 1. The number of urea groups is 1. The molecule has 0 radical (unpaired) electrons. The van der Waals surface area contributed by atoms with Gasteiger partial charge in [0, 0.05) is 24.2 Å². The number of hydrogen-bond acceptors (Lipinski definition) is 5. The van der Waals surface area contributed by atoms with Crippen LogP contribution in [0.4, 0.5) is 16.2 Å². The van der Waals surface area contributed by atoms with Crippen molar-refractivity contribution in [1.29, 1.82) is 0 Å². The van der Waals surface area contributed by atoms with Crippen molar-refractivity contribution in [3.05, 3.63) is 77.4 Å². The number of nitrogens with zero attached hydrogens (tertiary/aromatic N) is 2. The van der Waals surface area contributed by atoms with Gasteiger partial charge in [-0.2, -0.15) is 0 Å². The maximum atomic E-state index is 13.1. The smallest absolute Gasteiger partial charge is 0.322 e. The average molecular weight is 490 g/mol. The van der Waals surface area contributed by atoms with Crippen molar-refractivity contribution >= 4 is 23.3 Å². The van der Waals surface area contributed by atoms with Gasteiger partial charge in [0.05, 0.1) is 39.5 Å². The molecule has 188 valence electrons. The van der Waals surface area contributed by atoms with Crippen molar-refractivity contribution in [3.63, 3.8) is 0 Å². The van der Waals surface area contributed by atoms with E-state index in [1.807, 2.05) is 49.4 Å². The number of aryl methyl sites for hydroxylation is 1. The van der Waals surface area contributed by atoms with Gasteiger partial charge in [0.15, 0.2) is 0 Å². The first-order valence-electron chi connectivity index (χ1n) is 11.7. The van der Waals surface area contributed by atoms with E-state index in [-0.39, 0.29) is 11.9 Å². The Morgan fingerprint density at radius 3 is 2.50 bits per heavy atom. The summed E-state index contributed by atoms with van der Waals surface area (Å²) in [6, 6.07) is 18.7. The highest BCUT2D eigenvalue weighted by molar-refractivity contribution is 5.92. The van der Waals surface area contributed by atoms with Crippen LogP contribution in [-0.4, -0.2) is 44.2 Å². The first-order valence-corrected chi connectivity index (χ1v) is 11.7. The Kier molecular flexibility index (Phi) is 7.63. The van der Waals surface area contributed by atoms with Crippen LogP contribution < -0.4 is 24.4 Å². The molecule has 3 aromatic carbocycles. The number of ether oxygens (including phenoxy) is 3. The summed E-state index contributed by atoms with van der Waals surface area (Å²) in [6.07, 6.45) is 0. The monoisotopic (exact) mass is 489 g/mol. The molecule has 1 N–H and O–H groups in total. The zero-order valence-corrected chi connectivity index (χ0v) is 21.0. The minimum atomic E-state index is -0.259. The minimum Gasteiger partial charge on any atom is -0.497 e. The van der Waals surface area contributed by atoms with Crippen LogP contribution in [0.15, 0.2) is 60.7 Å². The van der Waals surface area contributed by atoms with E-state index in [1.54, 1.807) is 49.1 Å². The molecule has 1 aliphatic rings. The highest BCUT2D eigenvalue weighted by Crippen LogP contribution is 2.30. The van der Waals surface area contributed by atoms with Crippen molar-refractivity contribution in [2.24, 2.45) is 0 Å². The first kappa shape index (κ1) is 24.9.